The molecule has 0 unspecified atom stereocenters. The van der Waals surface area contributed by atoms with Crippen molar-refractivity contribution in [2.75, 3.05) is 12.3 Å². The molecular formula is C16H17BrN2. The first kappa shape index (κ1) is 12.7. The van der Waals surface area contributed by atoms with E-state index < -0.39 is 0 Å². The number of fused-ring (bicyclic) bond motifs is 1. The van der Waals surface area contributed by atoms with Crippen LogP contribution in [0.15, 0.2) is 46.9 Å². The van der Waals surface area contributed by atoms with E-state index in [4.69, 9.17) is 5.73 Å². The van der Waals surface area contributed by atoms with Crippen LogP contribution in [-0.4, -0.2) is 11.4 Å². The van der Waals surface area contributed by atoms with Crippen molar-refractivity contribution in [3.8, 4) is 0 Å². The van der Waals surface area contributed by atoms with E-state index in [-0.39, 0.29) is 0 Å². The van der Waals surface area contributed by atoms with E-state index in [1.165, 1.54) is 16.7 Å². The summed E-state index contributed by atoms with van der Waals surface area (Å²) in [5.74, 6) is 0. The number of nitrogen functional groups attached to an aromatic ring is 1. The van der Waals surface area contributed by atoms with Gasteiger partial charge in [-0.25, -0.2) is 0 Å². The van der Waals surface area contributed by atoms with Gasteiger partial charge in [-0.15, -0.1) is 0 Å². The molecule has 0 radical (unpaired) electrons. The van der Waals surface area contributed by atoms with Crippen LogP contribution in [0.4, 0.5) is 5.69 Å². The average Bonchev–Trinajstić information content (AvgIpc) is 2.39. The highest BCUT2D eigenvalue weighted by Gasteiger charge is 2.17. The van der Waals surface area contributed by atoms with Crippen LogP contribution >= 0.6 is 15.9 Å². The predicted molar refractivity (Wildman–Crippen MR) is 82.8 cm³/mol. The molecule has 0 aromatic heterocycles. The third-order valence-electron chi connectivity index (χ3n) is 3.68. The second-order valence-corrected chi connectivity index (χ2v) is 5.99. The standard InChI is InChI=1S/C16H17BrN2/c17-14-5-1-3-12(9-14)10-19-8-7-15-13(11-19)4-2-6-16(15)18/h1-6,9H,7-8,10-11,18H2. The number of rotatable bonds is 2. The Kier molecular flexibility index (Phi) is 3.58. The molecule has 0 aliphatic carbocycles. The van der Waals surface area contributed by atoms with E-state index in [0.717, 1.165) is 36.2 Å². The maximum Gasteiger partial charge on any atom is 0.0350 e. The van der Waals surface area contributed by atoms with Gasteiger partial charge >= 0.3 is 0 Å². The predicted octanol–water partition coefficient (Wildman–Crippen LogP) is 3.59. The quantitative estimate of drug-likeness (QED) is 0.858. The first-order valence-electron chi connectivity index (χ1n) is 6.55. The van der Waals surface area contributed by atoms with Crippen molar-refractivity contribution in [2.45, 2.75) is 19.5 Å². The number of benzene rings is 2. The lowest BCUT2D eigenvalue weighted by atomic mass is 9.97. The molecule has 98 valence electrons. The molecule has 0 saturated carbocycles. The van der Waals surface area contributed by atoms with Crippen molar-refractivity contribution in [1.82, 2.24) is 4.90 Å². The van der Waals surface area contributed by atoms with Crippen LogP contribution in [0.1, 0.15) is 16.7 Å². The maximum absolute atomic E-state index is 6.03. The fourth-order valence-corrected chi connectivity index (χ4v) is 3.17. The van der Waals surface area contributed by atoms with Gasteiger partial charge in [0.25, 0.3) is 0 Å². The summed E-state index contributed by atoms with van der Waals surface area (Å²) < 4.78 is 1.15. The minimum atomic E-state index is 0.944. The summed E-state index contributed by atoms with van der Waals surface area (Å²) in [5.41, 5.74) is 11.0. The zero-order valence-corrected chi connectivity index (χ0v) is 12.4. The third kappa shape index (κ3) is 2.82. The Morgan fingerprint density at radius 2 is 2.00 bits per heavy atom. The van der Waals surface area contributed by atoms with Gasteiger partial charge < -0.3 is 5.73 Å². The zero-order valence-electron chi connectivity index (χ0n) is 10.8. The maximum atomic E-state index is 6.03. The van der Waals surface area contributed by atoms with Gasteiger partial charge in [0.2, 0.25) is 0 Å². The van der Waals surface area contributed by atoms with Crippen LogP contribution in [0.3, 0.4) is 0 Å². The highest BCUT2D eigenvalue weighted by molar-refractivity contribution is 9.10. The zero-order chi connectivity index (χ0) is 13.2. The van der Waals surface area contributed by atoms with E-state index in [9.17, 15) is 0 Å². The molecule has 3 rings (SSSR count). The summed E-state index contributed by atoms with van der Waals surface area (Å²) in [6.45, 7) is 3.06. The molecule has 1 heterocycles. The van der Waals surface area contributed by atoms with Gasteiger partial charge in [-0.3, -0.25) is 4.90 Å². The molecule has 2 N–H and O–H groups in total. The van der Waals surface area contributed by atoms with Gasteiger partial charge in [0.05, 0.1) is 0 Å². The first-order chi connectivity index (χ1) is 9.22. The van der Waals surface area contributed by atoms with Crippen molar-refractivity contribution in [3.05, 3.63) is 63.6 Å². The smallest absolute Gasteiger partial charge is 0.0350 e. The monoisotopic (exact) mass is 316 g/mol. The number of hydrogen-bond acceptors (Lipinski definition) is 2. The van der Waals surface area contributed by atoms with E-state index in [1.54, 1.807) is 0 Å². The third-order valence-corrected chi connectivity index (χ3v) is 4.17. The Balaban J connectivity index is 1.76. The van der Waals surface area contributed by atoms with Crippen LogP contribution < -0.4 is 5.73 Å². The second-order valence-electron chi connectivity index (χ2n) is 5.08. The van der Waals surface area contributed by atoms with E-state index >= 15 is 0 Å². The summed E-state index contributed by atoms with van der Waals surface area (Å²) in [6.07, 6.45) is 1.05. The van der Waals surface area contributed by atoms with Crippen LogP contribution in [0.25, 0.3) is 0 Å². The number of hydrogen-bond donors (Lipinski definition) is 1. The van der Waals surface area contributed by atoms with Gasteiger partial charge in [0, 0.05) is 29.8 Å². The highest BCUT2D eigenvalue weighted by atomic mass is 79.9. The van der Waals surface area contributed by atoms with Crippen LogP contribution in [-0.2, 0) is 19.5 Å². The average molecular weight is 317 g/mol. The molecule has 0 amide bonds. The van der Waals surface area contributed by atoms with Gasteiger partial charge in [-0.1, -0.05) is 40.2 Å². The Labute approximate surface area is 122 Å². The second kappa shape index (κ2) is 5.35. The van der Waals surface area contributed by atoms with Gasteiger partial charge in [0.15, 0.2) is 0 Å². The van der Waals surface area contributed by atoms with Crippen molar-refractivity contribution < 1.29 is 0 Å². The van der Waals surface area contributed by atoms with Gasteiger partial charge in [-0.2, -0.15) is 0 Å². The highest BCUT2D eigenvalue weighted by Crippen LogP contribution is 2.25. The Bertz CT molecular complexity index is 595. The van der Waals surface area contributed by atoms with E-state index in [0.29, 0.717) is 0 Å². The topological polar surface area (TPSA) is 29.3 Å². The summed E-state index contributed by atoms with van der Waals surface area (Å²) in [4.78, 5) is 2.48. The summed E-state index contributed by atoms with van der Waals surface area (Å²) in [7, 11) is 0. The van der Waals surface area contributed by atoms with Crippen molar-refractivity contribution in [1.29, 1.82) is 0 Å². The number of nitrogens with zero attached hydrogens (tertiary/aromatic N) is 1. The molecule has 2 aromatic rings. The van der Waals surface area contributed by atoms with Crippen molar-refractivity contribution in [2.24, 2.45) is 0 Å². The molecule has 2 aromatic carbocycles. The Hall–Kier alpha value is -1.32. The van der Waals surface area contributed by atoms with Gasteiger partial charge in [-0.05, 0) is 41.3 Å². The van der Waals surface area contributed by atoms with E-state index in [2.05, 4.69) is 57.2 Å². The molecule has 2 nitrogen and oxygen atoms in total. The molecule has 1 aliphatic heterocycles. The molecular weight excluding hydrogens is 300 g/mol. The SMILES string of the molecule is Nc1cccc2c1CCN(Cc1cccc(Br)c1)C2. The lowest BCUT2D eigenvalue weighted by Gasteiger charge is -2.29. The van der Waals surface area contributed by atoms with E-state index in [1.807, 2.05) is 6.07 Å². The molecule has 0 spiro atoms. The fourth-order valence-electron chi connectivity index (χ4n) is 2.73. The normalized spacial score (nSPS) is 15.2. The van der Waals surface area contributed by atoms with Crippen LogP contribution in [0, 0.1) is 0 Å². The minimum Gasteiger partial charge on any atom is -0.398 e. The van der Waals surface area contributed by atoms with Crippen LogP contribution in [0.5, 0.6) is 0 Å². The van der Waals surface area contributed by atoms with Crippen LogP contribution in [0.2, 0.25) is 0 Å². The Morgan fingerprint density at radius 1 is 1.16 bits per heavy atom. The molecule has 3 heteroatoms. The number of nitrogens with two attached hydrogens (primary N) is 1. The first-order valence-corrected chi connectivity index (χ1v) is 7.35. The van der Waals surface area contributed by atoms with Crippen molar-refractivity contribution >= 4 is 21.6 Å². The lowest BCUT2D eigenvalue weighted by Crippen LogP contribution is -2.30. The summed E-state index contributed by atoms with van der Waals surface area (Å²) in [5, 5.41) is 0. The lowest BCUT2D eigenvalue weighted by molar-refractivity contribution is 0.246. The minimum absolute atomic E-state index is 0.944. The summed E-state index contributed by atoms with van der Waals surface area (Å²) >= 11 is 3.53. The van der Waals surface area contributed by atoms with Gasteiger partial charge in [0.1, 0.15) is 0 Å². The molecule has 0 atom stereocenters. The fraction of sp³-hybridized carbons (Fsp3) is 0.250. The molecule has 19 heavy (non-hydrogen) atoms. The molecule has 0 fully saturated rings. The van der Waals surface area contributed by atoms with Crippen molar-refractivity contribution in [3.63, 3.8) is 0 Å². The Morgan fingerprint density at radius 3 is 2.84 bits per heavy atom. The molecule has 0 bridgehead atoms. The number of halogens is 1. The molecule has 0 saturated heterocycles. The number of anilines is 1. The molecule has 1 aliphatic rings. The largest absolute Gasteiger partial charge is 0.398 e. The summed E-state index contributed by atoms with van der Waals surface area (Å²) in [6, 6.07) is 14.8.